The Morgan fingerprint density at radius 3 is 2.48 bits per heavy atom. The first kappa shape index (κ1) is 17.9. The van der Waals surface area contributed by atoms with E-state index in [1.807, 2.05) is 4.90 Å². The van der Waals surface area contributed by atoms with Crippen LogP contribution in [0.2, 0.25) is 0 Å². The smallest absolute Gasteiger partial charge is 0.379 e. The molecule has 1 fully saturated rings. The second-order valence-electron chi connectivity index (χ2n) is 6.00. The standard InChI is InChI=1S/C15H21NO6S/c1-11-4-5-12(13(10-11)22-23(18,19)20)14(17)15(2,3)16-6-8-21-9-7-16/h4-5,10H,6-9H2,1-3H3,(H,18,19,20). The van der Waals surface area contributed by atoms with E-state index in [2.05, 4.69) is 4.18 Å². The number of benzene rings is 1. The predicted molar refractivity (Wildman–Crippen MR) is 84.2 cm³/mol. The highest BCUT2D eigenvalue weighted by atomic mass is 32.3. The third kappa shape index (κ3) is 4.29. The third-order valence-corrected chi connectivity index (χ3v) is 4.32. The van der Waals surface area contributed by atoms with Crippen molar-refractivity contribution in [1.29, 1.82) is 0 Å². The summed E-state index contributed by atoms with van der Waals surface area (Å²) >= 11 is 0. The van der Waals surface area contributed by atoms with Crippen LogP contribution in [0.15, 0.2) is 18.2 Å². The second kappa shape index (κ2) is 6.56. The number of aryl methyl sites for hydroxylation is 1. The van der Waals surface area contributed by atoms with Crippen LogP contribution in [0.25, 0.3) is 0 Å². The van der Waals surface area contributed by atoms with Gasteiger partial charge in [0.25, 0.3) is 0 Å². The Kier molecular flexibility index (Phi) is 5.10. The predicted octanol–water partition coefficient (Wildman–Crippen LogP) is 1.47. The van der Waals surface area contributed by atoms with Crippen LogP contribution in [0.5, 0.6) is 5.75 Å². The van der Waals surface area contributed by atoms with Gasteiger partial charge in [0.15, 0.2) is 11.5 Å². The Morgan fingerprint density at radius 2 is 1.91 bits per heavy atom. The van der Waals surface area contributed by atoms with E-state index in [1.54, 1.807) is 26.8 Å². The molecule has 1 aliphatic rings. The minimum Gasteiger partial charge on any atom is -0.379 e. The number of carbonyl (C=O) groups excluding carboxylic acids is 1. The summed E-state index contributed by atoms with van der Waals surface area (Å²) < 4.78 is 40.9. The maximum atomic E-state index is 12.9. The Hall–Kier alpha value is -1.48. The van der Waals surface area contributed by atoms with Crippen LogP contribution in [0, 0.1) is 6.92 Å². The third-order valence-electron chi connectivity index (χ3n) is 3.93. The number of carbonyl (C=O) groups is 1. The van der Waals surface area contributed by atoms with Gasteiger partial charge in [-0.3, -0.25) is 14.2 Å². The summed E-state index contributed by atoms with van der Waals surface area (Å²) in [4.78, 5) is 14.9. The molecule has 0 radical (unpaired) electrons. The molecular formula is C15H21NO6S. The summed E-state index contributed by atoms with van der Waals surface area (Å²) in [5.41, 5.74) is -0.0230. The number of rotatable bonds is 5. The molecule has 7 nitrogen and oxygen atoms in total. The molecule has 128 valence electrons. The average Bonchev–Trinajstić information content (AvgIpc) is 2.46. The lowest BCUT2D eigenvalue weighted by atomic mass is 9.90. The number of ketones is 1. The van der Waals surface area contributed by atoms with E-state index in [0.29, 0.717) is 31.9 Å². The molecule has 0 unspecified atom stereocenters. The molecule has 0 atom stereocenters. The van der Waals surface area contributed by atoms with Gasteiger partial charge < -0.3 is 8.92 Å². The molecule has 1 aliphatic heterocycles. The Labute approximate surface area is 136 Å². The zero-order valence-electron chi connectivity index (χ0n) is 13.4. The van der Waals surface area contributed by atoms with Gasteiger partial charge in [0.1, 0.15) is 0 Å². The zero-order valence-corrected chi connectivity index (χ0v) is 14.2. The molecule has 1 aromatic rings. The number of nitrogens with zero attached hydrogens (tertiary/aromatic N) is 1. The minimum absolute atomic E-state index is 0.115. The van der Waals surface area contributed by atoms with E-state index in [0.717, 1.165) is 0 Å². The molecule has 1 aromatic carbocycles. The van der Waals surface area contributed by atoms with Crippen molar-refractivity contribution in [2.45, 2.75) is 26.3 Å². The largest absolute Gasteiger partial charge is 0.446 e. The number of hydrogen-bond donors (Lipinski definition) is 1. The molecule has 0 bridgehead atoms. The SMILES string of the molecule is Cc1ccc(C(=O)C(C)(C)N2CCOCC2)c(OS(=O)(=O)O)c1. The van der Waals surface area contributed by atoms with Crippen LogP contribution in [0.1, 0.15) is 29.8 Å². The number of Topliss-reactive ketones (excluding diaryl/α,β-unsaturated/α-hetero) is 1. The molecule has 1 saturated heterocycles. The minimum atomic E-state index is -4.71. The monoisotopic (exact) mass is 343 g/mol. The molecule has 1 heterocycles. The fraction of sp³-hybridized carbons (Fsp3) is 0.533. The molecule has 0 aromatic heterocycles. The van der Waals surface area contributed by atoms with Crippen molar-refractivity contribution >= 4 is 16.2 Å². The van der Waals surface area contributed by atoms with E-state index >= 15 is 0 Å². The average molecular weight is 343 g/mol. The van der Waals surface area contributed by atoms with Crippen LogP contribution in [0.3, 0.4) is 0 Å². The molecule has 2 rings (SSSR count). The lowest BCUT2D eigenvalue weighted by Crippen LogP contribution is -2.54. The Balaban J connectivity index is 2.38. The van der Waals surface area contributed by atoms with Gasteiger partial charge in [-0.15, -0.1) is 0 Å². The van der Waals surface area contributed by atoms with Crippen molar-refractivity contribution in [2.24, 2.45) is 0 Å². The molecule has 0 aliphatic carbocycles. The molecular weight excluding hydrogens is 322 g/mol. The fourth-order valence-corrected chi connectivity index (χ4v) is 2.96. The lowest BCUT2D eigenvalue weighted by Gasteiger charge is -2.39. The first-order chi connectivity index (χ1) is 10.6. The maximum Gasteiger partial charge on any atom is 0.446 e. The summed E-state index contributed by atoms with van der Waals surface area (Å²) in [5, 5.41) is 0. The number of ether oxygens (including phenoxy) is 1. The van der Waals surface area contributed by atoms with E-state index in [1.165, 1.54) is 12.1 Å². The molecule has 0 amide bonds. The van der Waals surface area contributed by atoms with Crippen LogP contribution in [-0.4, -0.2) is 55.5 Å². The summed E-state index contributed by atoms with van der Waals surface area (Å²) in [5.74, 6) is -0.447. The van der Waals surface area contributed by atoms with Gasteiger partial charge in [-0.25, -0.2) is 0 Å². The quantitative estimate of drug-likeness (QED) is 0.639. The summed E-state index contributed by atoms with van der Waals surface area (Å²) in [6.07, 6.45) is 0. The Morgan fingerprint density at radius 1 is 1.30 bits per heavy atom. The van der Waals surface area contributed by atoms with E-state index in [4.69, 9.17) is 9.29 Å². The fourth-order valence-electron chi connectivity index (χ4n) is 2.60. The van der Waals surface area contributed by atoms with Gasteiger partial charge in [0.2, 0.25) is 0 Å². The van der Waals surface area contributed by atoms with Crippen LogP contribution < -0.4 is 4.18 Å². The number of morpholine rings is 1. The normalized spacial score (nSPS) is 17.0. The van der Waals surface area contributed by atoms with Crippen molar-refractivity contribution < 1.29 is 26.7 Å². The molecule has 0 spiro atoms. The molecule has 8 heteroatoms. The lowest BCUT2D eigenvalue weighted by molar-refractivity contribution is -0.00434. The topological polar surface area (TPSA) is 93.1 Å². The van der Waals surface area contributed by atoms with Crippen molar-refractivity contribution in [2.75, 3.05) is 26.3 Å². The molecule has 23 heavy (non-hydrogen) atoms. The van der Waals surface area contributed by atoms with Gasteiger partial charge >= 0.3 is 10.4 Å². The molecule has 0 saturated carbocycles. The second-order valence-corrected chi connectivity index (χ2v) is 7.02. The van der Waals surface area contributed by atoms with Gasteiger partial charge in [-0.2, -0.15) is 8.42 Å². The summed E-state index contributed by atoms with van der Waals surface area (Å²) in [7, 11) is -4.71. The van der Waals surface area contributed by atoms with E-state index < -0.39 is 15.9 Å². The van der Waals surface area contributed by atoms with Gasteiger partial charge in [0, 0.05) is 13.1 Å². The van der Waals surface area contributed by atoms with Crippen LogP contribution in [-0.2, 0) is 15.1 Å². The van der Waals surface area contributed by atoms with Crippen molar-refractivity contribution in [3.8, 4) is 5.75 Å². The van der Waals surface area contributed by atoms with Crippen molar-refractivity contribution in [1.82, 2.24) is 4.90 Å². The Bertz CT molecular complexity index is 692. The van der Waals surface area contributed by atoms with E-state index in [9.17, 15) is 13.2 Å². The highest BCUT2D eigenvalue weighted by molar-refractivity contribution is 7.81. The van der Waals surface area contributed by atoms with Crippen LogP contribution in [0.4, 0.5) is 0 Å². The molecule has 1 N–H and O–H groups in total. The highest BCUT2D eigenvalue weighted by Gasteiger charge is 2.37. The first-order valence-corrected chi connectivity index (χ1v) is 8.63. The van der Waals surface area contributed by atoms with Gasteiger partial charge in [-0.05, 0) is 38.5 Å². The van der Waals surface area contributed by atoms with Crippen molar-refractivity contribution in [3.05, 3.63) is 29.3 Å². The van der Waals surface area contributed by atoms with Crippen LogP contribution >= 0.6 is 0 Å². The first-order valence-electron chi connectivity index (χ1n) is 7.26. The number of hydrogen-bond acceptors (Lipinski definition) is 6. The van der Waals surface area contributed by atoms with Gasteiger partial charge in [-0.1, -0.05) is 6.07 Å². The van der Waals surface area contributed by atoms with E-state index in [-0.39, 0.29) is 17.1 Å². The van der Waals surface area contributed by atoms with Gasteiger partial charge in [0.05, 0.1) is 24.3 Å². The van der Waals surface area contributed by atoms with Crippen molar-refractivity contribution in [3.63, 3.8) is 0 Å². The highest BCUT2D eigenvalue weighted by Crippen LogP contribution is 2.29. The summed E-state index contributed by atoms with van der Waals surface area (Å²) in [6.45, 7) is 7.59. The maximum absolute atomic E-state index is 12.9. The zero-order chi connectivity index (χ0) is 17.3. The summed E-state index contributed by atoms with van der Waals surface area (Å²) in [6, 6.07) is 4.62.